The molecule has 198 valence electrons. The van der Waals surface area contributed by atoms with Crippen LogP contribution in [0.25, 0.3) is 70.0 Å². The van der Waals surface area contributed by atoms with Gasteiger partial charge in [0.25, 0.3) is 0 Å². The van der Waals surface area contributed by atoms with Crippen molar-refractivity contribution in [1.29, 1.82) is 0 Å². The summed E-state index contributed by atoms with van der Waals surface area (Å²) < 4.78 is 3.66. The second kappa shape index (κ2) is 8.98. The average Bonchev–Trinajstić information content (AvgIpc) is 3.54. The molecule has 0 unspecified atom stereocenters. The van der Waals surface area contributed by atoms with Crippen LogP contribution < -0.4 is 0 Å². The highest BCUT2D eigenvalue weighted by Gasteiger charge is 2.23. The molecule has 3 heterocycles. The van der Waals surface area contributed by atoms with Gasteiger partial charge in [0.2, 0.25) is 0 Å². The number of aryl methyl sites for hydroxylation is 2. The number of fused-ring (bicyclic) bond motifs is 7. The first-order chi connectivity index (χ1) is 20.0. The molecule has 0 aliphatic carbocycles. The summed E-state index contributed by atoms with van der Waals surface area (Å²) in [4.78, 5) is 11.3. The van der Waals surface area contributed by atoms with Crippen molar-refractivity contribution in [3.63, 3.8) is 0 Å². The van der Waals surface area contributed by atoms with Crippen LogP contribution in [-0.4, -0.2) is 14.5 Å². The Morgan fingerprint density at radius 2 is 1.37 bits per heavy atom. The van der Waals surface area contributed by atoms with E-state index < -0.39 is 0 Å². The van der Waals surface area contributed by atoms with E-state index in [1.807, 2.05) is 0 Å². The van der Waals surface area contributed by atoms with Crippen LogP contribution in [0, 0.1) is 13.8 Å². The fraction of sp³-hybridized carbons (Fsp3) is 0.135. The molecule has 8 rings (SSSR count). The minimum Gasteiger partial charge on any atom is -0.291 e. The van der Waals surface area contributed by atoms with E-state index in [0.717, 1.165) is 32.9 Å². The molecule has 5 aromatic carbocycles. The van der Waals surface area contributed by atoms with Crippen molar-refractivity contribution in [3.05, 3.63) is 114 Å². The highest BCUT2D eigenvalue weighted by Crippen LogP contribution is 2.43. The Bertz CT molecular complexity index is 2320. The Morgan fingerprint density at radius 1 is 0.683 bits per heavy atom. The van der Waals surface area contributed by atoms with Crippen LogP contribution in [0.4, 0.5) is 0 Å². The Labute approximate surface area is 242 Å². The van der Waals surface area contributed by atoms with Gasteiger partial charge in [-0.1, -0.05) is 86.6 Å². The van der Waals surface area contributed by atoms with Crippen molar-refractivity contribution >= 4 is 64.2 Å². The third-order valence-electron chi connectivity index (χ3n) is 8.33. The van der Waals surface area contributed by atoms with Crippen LogP contribution >= 0.6 is 11.3 Å². The first-order valence-electron chi connectivity index (χ1n) is 14.2. The van der Waals surface area contributed by atoms with Crippen LogP contribution in [0.1, 0.15) is 36.6 Å². The summed E-state index contributed by atoms with van der Waals surface area (Å²) >= 11 is 1.77. The summed E-state index contributed by atoms with van der Waals surface area (Å²) in [6.07, 6.45) is 0. The predicted octanol–water partition coefficient (Wildman–Crippen LogP) is 10.5. The number of pyridine rings is 1. The molecular formula is C37H29N3S. The smallest absolute Gasteiger partial charge is 0.145 e. The van der Waals surface area contributed by atoms with Gasteiger partial charge in [-0.05, 0) is 71.3 Å². The van der Waals surface area contributed by atoms with Crippen LogP contribution in [0.2, 0.25) is 0 Å². The van der Waals surface area contributed by atoms with Gasteiger partial charge in [-0.3, -0.25) is 4.57 Å². The molecule has 0 aliphatic rings. The van der Waals surface area contributed by atoms with Crippen molar-refractivity contribution in [2.24, 2.45) is 0 Å². The minimum atomic E-state index is 0.316. The number of benzene rings is 5. The number of imidazole rings is 1. The second-order valence-electron chi connectivity index (χ2n) is 11.3. The van der Waals surface area contributed by atoms with Gasteiger partial charge in [0, 0.05) is 32.1 Å². The first-order valence-corrected chi connectivity index (χ1v) is 15.0. The number of hydrogen-bond donors (Lipinski definition) is 0. The summed E-state index contributed by atoms with van der Waals surface area (Å²) in [6.45, 7) is 8.87. The van der Waals surface area contributed by atoms with Gasteiger partial charge in [-0.25, -0.2) is 9.97 Å². The largest absolute Gasteiger partial charge is 0.291 e. The molecule has 8 aromatic rings. The maximum atomic E-state index is 5.29. The number of thiophene rings is 1. The number of aromatic nitrogens is 3. The van der Waals surface area contributed by atoms with E-state index in [1.165, 1.54) is 53.8 Å². The highest BCUT2D eigenvalue weighted by molar-refractivity contribution is 7.25. The topological polar surface area (TPSA) is 30.7 Å². The maximum Gasteiger partial charge on any atom is 0.145 e. The number of rotatable bonds is 3. The Balaban J connectivity index is 1.51. The van der Waals surface area contributed by atoms with E-state index in [1.54, 1.807) is 11.3 Å². The molecule has 0 atom stereocenters. The van der Waals surface area contributed by atoms with E-state index in [2.05, 4.69) is 129 Å². The van der Waals surface area contributed by atoms with Gasteiger partial charge < -0.3 is 0 Å². The lowest BCUT2D eigenvalue weighted by atomic mass is 9.89. The normalized spacial score (nSPS) is 12.1. The van der Waals surface area contributed by atoms with E-state index in [-0.39, 0.29) is 0 Å². The van der Waals surface area contributed by atoms with Gasteiger partial charge in [0.05, 0.1) is 16.7 Å². The van der Waals surface area contributed by atoms with Gasteiger partial charge in [-0.2, -0.15) is 0 Å². The van der Waals surface area contributed by atoms with Gasteiger partial charge in [0.1, 0.15) is 10.7 Å². The number of hydrogen-bond acceptors (Lipinski definition) is 3. The Morgan fingerprint density at radius 3 is 2.15 bits per heavy atom. The van der Waals surface area contributed by atoms with E-state index in [4.69, 9.17) is 9.97 Å². The molecule has 0 radical (unpaired) electrons. The summed E-state index contributed by atoms with van der Waals surface area (Å²) in [5.74, 6) is 1.28. The van der Waals surface area contributed by atoms with E-state index in [0.29, 0.717) is 5.92 Å². The number of nitrogens with zero attached hydrogens (tertiary/aromatic N) is 3. The van der Waals surface area contributed by atoms with E-state index >= 15 is 0 Å². The van der Waals surface area contributed by atoms with Crippen molar-refractivity contribution in [2.75, 3.05) is 0 Å². The average molecular weight is 548 g/mol. The maximum absolute atomic E-state index is 5.29. The molecule has 0 N–H and O–H groups in total. The highest BCUT2D eigenvalue weighted by atomic mass is 32.1. The summed E-state index contributed by atoms with van der Waals surface area (Å²) in [5, 5.41) is 7.64. The monoisotopic (exact) mass is 547 g/mol. The first kappa shape index (κ1) is 24.3. The second-order valence-corrected chi connectivity index (χ2v) is 12.4. The minimum absolute atomic E-state index is 0.316. The quantitative estimate of drug-likeness (QED) is 0.206. The van der Waals surface area contributed by atoms with Gasteiger partial charge >= 0.3 is 0 Å². The molecule has 4 heteroatoms. The molecule has 0 aliphatic heterocycles. The van der Waals surface area contributed by atoms with Gasteiger partial charge in [-0.15, -0.1) is 11.3 Å². The third-order valence-corrected chi connectivity index (χ3v) is 9.38. The lowest BCUT2D eigenvalue weighted by molar-refractivity contribution is 0.863. The number of para-hydroxylation sites is 2. The van der Waals surface area contributed by atoms with E-state index in [9.17, 15) is 0 Å². The lowest BCUT2D eigenvalue weighted by Gasteiger charge is -2.22. The molecule has 41 heavy (non-hydrogen) atoms. The molecule has 0 saturated heterocycles. The fourth-order valence-corrected chi connectivity index (χ4v) is 7.92. The fourth-order valence-electron chi connectivity index (χ4n) is 6.68. The molecule has 0 fully saturated rings. The van der Waals surface area contributed by atoms with Crippen LogP contribution in [0.5, 0.6) is 0 Å². The zero-order chi connectivity index (χ0) is 27.8. The third kappa shape index (κ3) is 3.57. The van der Waals surface area contributed by atoms with Gasteiger partial charge in [0.15, 0.2) is 0 Å². The van der Waals surface area contributed by atoms with Crippen LogP contribution in [0.3, 0.4) is 0 Å². The van der Waals surface area contributed by atoms with Crippen molar-refractivity contribution in [2.45, 2.75) is 33.6 Å². The standard InChI is InChI=1S/C37H29N3S/c1-21(2)33-27-13-7-5-11-25(27)26-12-6-8-14-28(26)35(33)40-31-16-10-9-15-30(31)39-36(40)24-17-18-29-32(20-24)41-37-34(29)22(3)19-23(4)38-37/h5-21H,1-4H3. The SMILES string of the molecule is Cc1cc(C)c2c(n1)sc1cc(-c3nc4ccccc4n3-c3c(C(C)C)c4ccccc4c4ccccc34)ccc12. The zero-order valence-electron chi connectivity index (χ0n) is 23.6. The summed E-state index contributed by atoms with van der Waals surface area (Å²) in [6, 6.07) is 35.2. The lowest BCUT2D eigenvalue weighted by Crippen LogP contribution is -2.06. The molecule has 3 aromatic heterocycles. The summed E-state index contributed by atoms with van der Waals surface area (Å²) in [7, 11) is 0. The van der Waals surface area contributed by atoms with Crippen molar-refractivity contribution in [3.8, 4) is 17.1 Å². The Hall–Kier alpha value is -4.54. The molecule has 0 saturated carbocycles. The van der Waals surface area contributed by atoms with Crippen LogP contribution in [0.15, 0.2) is 97.1 Å². The molecule has 0 amide bonds. The molecule has 3 nitrogen and oxygen atoms in total. The van der Waals surface area contributed by atoms with Crippen molar-refractivity contribution < 1.29 is 0 Å². The molecular weight excluding hydrogens is 518 g/mol. The molecule has 0 spiro atoms. The molecule has 0 bridgehead atoms. The zero-order valence-corrected chi connectivity index (χ0v) is 24.4. The Kier molecular flexibility index (Phi) is 5.32. The summed E-state index contributed by atoms with van der Waals surface area (Å²) in [5.41, 5.74) is 8.15. The van der Waals surface area contributed by atoms with Crippen molar-refractivity contribution in [1.82, 2.24) is 14.5 Å². The predicted molar refractivity (Wildman–Crippen MR) is 176 cm³/mol. The van der Waals surface area contributed by atoms with Crippen LogP contribution in [-0.2, 0) is 0 Å².